The van der Waals surface area contributed by atoms with Crippen molar-refractivity contribution in [3.63, 3.8) is 0 Å². The van der Waals surface area contributed by atoms with E-state index in [1.165, 1.54) is 5.54 Å². The second-order valence-corrected chi connectivity index (χ2v) is 6.19. The van der Waals surface area contributed by atoms with E-state index < -0.39 is 21.7 Å². The molecule has 2 atom stereocenters. The van der Waals surface area contributed by atoms with Crippen molar-refractivity contribution in [3.05, 3.63) is 11.6 Å². The summed E-state index contributed by atoms with van der Waals surface area (Å²) in [5.74, 6) is -1.78. The van der Waals surface area contributed by atoms with Crippen molar-refractivity contribution < 1.29 is 18.3 Å². The minimum atomic E-state index is -3.02. The molecule has 1 saturated heterocycles. The molecule has 0 radical (unpaired) electrons. The van der Waals surface area contributed by atoms with Gasteiger partial charge in [0.05, 0.1) is 17.4 Å². The molecule has 2 unspecified atom stereocenters. The topological polar surface area (TPSA) is 71.4 Å². The van der Waals surface area contributed by atoms with Gasteiger partial charge < -0.3 is 5.11 Å². The van der Waals surface area contributed by atoms with Gasteiger partial charge in [0.25, 0.3) is 0 Å². The standard InChI is InChI=1S/C9H13ClO4S/c10-4-1-2-8(9(11)12)7-3-5-15(13,14)6-7/h1,4,7-8H,2-3,5-6H2,(H,11,12)/b4-1+. The SMILES string of the molecule is O=C(O)C(C/C=C/Cl)C1CCS(=O)(=O)C1. The quantitative estimate of drug-likeness (QED) is 0.818. The third-order valence-electron chi connectivity index (χ3n) is 2.63. The maximum absolute atomic E-state index is 11.2. The van der Waals surface area contributed by atoms with Crippen LogP contribution in [0.5, 0.6) is 0 Å². The summed E-state index contributed by atoms with van der Waals surface area (Å²) in [6.07, 6.45) is 2.28. The smallest absolute Gasteiger partial charge is 0.307 e. The summed E-state index contributed by atoms with van der Waals surface area (Å²) in [5.41, 5.74) is 1.26. The Morgan fingerprint density at radius 2 is 2.27 bits per heavy atom. The summed E-state index contributed by atoms with van der Waals surface area (Å²) in [4.78, 5) is 10.9. The van der Waals surface area contributed by atoms with E-state index in [0.29, 0.717) is 12.8 Å². The van der Waals surface area contributed by atoms with Gasteiger partial charge in [-0.15, -0.1) is 0 Å². The molecule has 0 aromatic rings. The van der Waals surface area contributed by atoms with E-state index in [0.717, 1.165) is 0 Å². The number of hydrogen-bond acceptors (Lipinski definition) is 3. The van der Waals surface area contributed by atoms with Crippen LogP contribution in [0.15, 0.2) is 11.6 Å². The normalized spacial score (nSPS) is 26.9. The summed E-state index contributed by atoms with van der Waals surface area (Å²) in [6.45, 7) is 0. The molecule has 0 aromatic heterocycles. The van der Waals surface area contributed by atoms with Gasteiger partial charge in [0.1, 0.15) is 0 Å². The largest absolute Gasteiger partial charge is 0.481 e. The van der Waals surface area contributed by atoms with E-state index >= 15 is 0 Å². The van der Waals surface area contributed by atoms with Crippen molar-refractivity contribution in [3.8, 4) is 0 Å². The Kier molecular flexibility index (Phi) is 4.16. The predicted molar refractivity (Wildman–Crippen MR) is 57.5 cm³/mol. The number of sulfone groups is 1. The highest BCUT2D eigenvalue weighted by Gasteiger charge is 2.36. The molecule has 1 rings (SSSR count). The molecule has 0 amide bonds. The number of carboxylic acids is 1. The Morgan fingerprint density at radius 1 is 1.60 bits per heavy atom. The van der Waals surface area contributed by atoms with Crippen LogP contribution in [0.3, 0.4) is 0 Å². The monoisotopic (exact) mass is 252 g/mol. The molecule has 0 aliphatic carbocycles. The van der Waals surface area contributed by atoms with E-state index in [9.17, 15) is 13.2 Å². The van der Waals surface area contributed by atoms with Crippen molar-refractivity contribution >= 4 is 27.4 Å². The van der Waals surface area contributed by atoms with Gasteiger partial charge in [0.2, 0.25) is 0 Å². The molecular formula is C9H13ClO4S. The second kappa shape index (κ2) is 4.99. The van der Waals surface area contributed by atoms with Crippen LogP contribution in [0.2, 0.25) is 0 Å². The average Bonchev–Trinajstić information content (AvgIpc) is 2.46. The number of aliphatic carboxylic acids is 1. The molecule has 0 bridgehead atoms. The Labute approximate surface area is 93.8 Å². The third-order valence-corrected chi connectivity index (χ3v) is 4.60. The fourth-order valence-corrected chi connectivity index (χ4v) is 3.82. The van der Waals surface area contributed by atoms with Crippen LogP contribution in [0.25, 0.3) is 0 Å². The highest BCUT2D eigenvalue weighted by molar-refractivity contribution is 7.91. The first-order valence-corrected chi connectivity index (χ1v) is 6.90. The molecule has 1 aliphatic rings. The highest BCUT2D eigenvalue weighted by Crippen LogP contribution is 2.28. The van der Waals surface area contributed by atoms with Crippen LogP contribution in [0, 0.1) is 11.8 Å². The maximum atomic E-state index is 11.2. The van der Waals surface area contributed by atoms with Crippen LogP contribution in [0.1, 0.15) is 12.8 Å². The average molecular weight is 253 g/mol. The van der Waals surface area contributed by atoms with Gasteiger partial charge in [-0.2, -0.15) is 0 Å². The van der Waals surface area contributed by atoms with Crippen molar-refractivity contribution in [1.29, 1.82) is 0 Å². The molecule has 0 saturated carbocycles. The number of carboxylic acid groups (broad SMARTS) is 1. The lowest BCUT2D eigenvalue weighted by Gasteiger charge is -2.15. The van der Waals surface area contributed by atoms with Gasteiger partial charge in [-0.05, 0) is 18.8 Å². The maximum Gasteiger partial charge on any atom is 0.307 e. The molecule has 1 aliphatic heterocycles. The van der Waals surface area contributed by atoms with E-state index in [-0.39, 0.29) is 17.4 Å². The third kappa shape index (κ3) is 3.50. The minimum Gasteiger partial charge on any atom is -0.481 e. The molecule has 6 heteroatoms. The van der Waals surface area contributed by atoms with Crippen molar-refractivity contribution in [2.75, 3.05) is 11.5 Å². The Hall–Kier alpha value is -0.550. The Bertz CT molecular complexity index is 360. The molecule has 15 heavy (non-hydrogen) atoms. The summed E-state index contributed by atoms with van der Waals surface area (Å²) in [5, 5.41) is 8.96. The van der Waals surface area contributed by atoms with Crippen LogP contribution < -0.4 is 0 Å². The van der Waals surface area contributed by atoms with Gasteiger partial charge in [0, 0.05) is 5.54 Å². The summed E-state index contributed by atoms with van der Waals surface area (Å²) < 4.78 is 22.4. The molecular weight excluding hydrogens is 240 g/mol. The molecule has 0 spiro atoms. The first-order valence-electron chi connectivity index (χ1n) is 4.64. The number of carbonyl (C=O) groups is 1. The zero-order valence-electron chi connectivity index (χ0n) is 8.10. The zero-order chi connectivity index (χ0) is 11.5. The van der Waals surface area contributed by atoms with E-state index in [2.05, 4.69) is 0 Å². The summed E-state index contributed by atoms with van der Waals surface area (Å²) in [7, 11) is -3.02. The fraction of sp³-hybridized carbons (Fsp3) is 0.667. The van der Waals surface area contributed by atoms with Crippen molar-refractivity contribution in [2.24, 2.45) is 11.8 Å². The number of rotatable bonds is 4. The van der Waals surface area contributed by atoms with Gasteiger partial charge in [-0.25, -0.2) is 8.42 Å². The molecule has 1 N–H and O–H groups in total. The van der Waals surface area contributed by atoms with Gasteiger partial charge in [0.15, 0.2) is 9.84 Å². The van der Waals surface area contributed by atoms with Crippen LogP contribution in [0.4, 0.5) is 0 Å². The van der Waals surface area contributed by atoms with E-state index in [1.54, 1.807) is 6.08 Å². The lowest BCUT2D eigenvalue weighted by Crippen LogP contribution is -2.24. The lowest BCUT2D eigenvalue weighted by atomic mass is 9.89. The molecule has 86 valence electrons. The lowest BCUT2D eigenvalue weighted by molar-refractivity contribution is -0.143. The van der Waals surface area contributed by atoms with Crippen molar-refractivity contribution in [2.45, 2.75) is 12.8 Å². The fourth-order valence-electron chi connectivity index (χ4n) is 1.83. The minimum absolute atomic E-state index is 0.0138. The first kappa shape index (κ1) is 12.5. The van der Waals surface area contributed by atoms with Gasteiger partial charge in [-0.1, -0.05) is 17.7 Å². The summed E-state index contributed by atoms with van der Waals surface area (Å²) >= 11 is 5.32. The summed E-state index contributed by atoms with van der Waals surface area (Å²) in [6, 6.07) is 0. The van der Waals surface area contributed by atoms with Crippen LogP contribution in [-0.2, 0) is 14.6 Å². The molecule has 1 heterocycles. The first-order chi connectivity index (χ1) is 6.96. The predicted octanol–water partition coefficient (Wildman–Crippen LogP) is 1.26. The number of hydrogen-bond donors (Lipinski definition) is 1. The van der Waals surface area contributed by atoms with Gasteiger partial charge in [-0.3, -0.25) is 4.79 Å². The number of allylic oxidation sites excluding steroid dienone is 1. The molecule has 0 aromatic carbocycles. The van der Waals surface area contributed by atoms with Gasteiger partial charge >= 0.3 is 5.97 Å². The zero-order valence-corrected chi connectivity index (χ0v) is 9.67. The molecule has 1 fully saturated rings. The second-order valence-electron chi connectivity index (χ2n) is 3.71. The van der Waals surface area contributed by atoms with E-state index in [1.807, 2.05) is 0 Å². The van der Waals surface area contributed by atoms with E-state index in [4.69, 9.17) is 16.7 Å². The van der Waals surface area contributed by atoms with Crippen LogP contribution in [-0.4, -0.2) is 31.0 Å². The Morgan fingerprint density at radius 3 is 2.67 bits per heavy atom. The highest BCUT2D eigenvalue weighted by atomic mass is 35.5. The Balaban J connectivity index is 2.70. The van der Waals surface area contributed by atoms with Crippen LogP contribution >= 0.6 is 11.6 Å². The molecule has 4 nitrogen and oxygen atoms in total. The van der Waals surface area contributed by atoms with Crippen molar-refractivity contribution in [1.82, 2.24) is 0 Å². The number of halogens is 1.